The zero-order chi connectivity index (χ0) is 16.2. The van der Waals surface area contributed by atoms with Crippen molar-refractivity contribution < 1.29 is 9.53 Å². The van der Waals surface area contributed by atoms with Crippen LogP contribution in [0.25, 0.3) is 5.65 Å². The van der Waals surface area contributed by atoms with Crippen molar-refractivity contribution >= 4 is 11.6 Å². The lowest BCUT2D eigenvalue weighted by molar-refractivity contribution is 0.0946. The Kier molecular flexibility index (Phi) is 4.28. The third-order valence-electron chi connectivity index (χ3n) is 3.51. The van der Waals surface area contributed by atoms with Crippen molar-refractivity contribution in [3.05, 3.63) is 65.6 Å². The van der Waals surface area contributed by atoms with Crippen LogP contribution in [0, 0.1) is 6.92 Å². The van der Waals surface area contributed by atoms with Gasteiger partial charge in [-0.1, -0.05) is 12.1 Å². The van der Waals surface area contributed by atoms with Gasteiger partial charge in [0.05, 0.1) is 6.61 Å². The third kappa shape index (κ3) is 3.51. The molecule has 2 heterocycles. The molecule has 2 aromatic heterocycles. The Bertz CT molecular complexity index is 839. The van der Waals surface area contributed by atoms with Gasteiger partial charge in [-0.3, -0.25) is 4.79 Å². The molecular formula is C18H19N3O2. The topological polar surface area (TPSA) is 55.6 Å². The van der Waals surface area contributed by atoms with Gasteiger partial charge < -0.3 is 14.5 Å². The van der Waals surface area contributed by atoms with Gasteiger partial charge in [-0.05, 0) is 49.2 Å². The van der Waals surface area contributed by atoms with E-state index in [1.807, 2.05) is 60.8 Å². The zero-order valence-electron chi connectivity index (χ0n) is 13.2. The number of imidazole rings is 1. The van der Waals surface area contributed by atoms with Crippen molar-refractivity contribution in [2.24, 2.45) is 0 Å². The smallest absolute Gasteiger partial charge is 0.271 e. The molecule has 0 atom stereocenters. The van der Waals surface area contributed by atoms with Crippen molar-refractivity contribution in [2.45, 2.75) is 20.4 Å². The summed E-state index contributed by atoms with van der Waals surface area (Å²) < 4.78 is 7.31. The molecule has 0 bridgehead atoms. The number of nitrogens with one attached hydrogen (secondary N) is 1. The zero-order valence-corrected chi connectivity index (χ0v) is 13.2. The summed E-state index contributed by atoms with van der Waals surface area (Å²) in [5.41, 5.74) is 3.29. The van der Waals surface area contributed by atoms with E-state index in [1.54, 1.807) is 6.20 Å². The summed E-state index contributed by atoms with van der Waals surface area (Å²) in [5.74, 6) is 0.621. The molecular weight excluding hydrogens is 290 g/mol. The SMILES string of the molecule is CCOc1cccc(CNC(=O)c2cn3ccc(C)cc3n2)c1. The molecule has 0 aliphatic carbocycles. The number of pyridine rings is 1. The Morgan fingerprint density at radius 1 is 1.30 bits per heavy atom. The van der Waals surface area contributed by atoms with Crippen molar-refractivity contribution in [2.75, 3.05) is 6.61 Å². The second-order valence-electron chi connectivity index (χ2n) is 5.36. The van der Waals surface area contributed by atoms with Crippen LogP contribution in [0.3, 0.4) is 0 Å². The molecule has 5 heteroatoms. The van der Waals surface area contributed by atoms with Gasteiger partial charge in [0.15, 0.2) is 0 Å². The molecule has 3 aromatic rings. The Labute approximate surface area is 134 Å². The number of rotatable bonds is 5. The molecule has 1 amide bonds. The number of carbonyl (C=O) groups excluding carboxylic acids is 1. The van der Waals surface area contributed by atoms with E-state index in [0.29, 0.717) is 18.8 Å². The minimum absolute atomic E-state index is 0.187. The van der Waals surface area contributed by atoms with Crippen LogP contribution < -0.4 is 10.1 Å². The number of fused-ring (bicyclic) bond motifs is 1. The number of hydrogen-bond acceptors (Lipinski definition) is 3. The first-order chi connectivity index (χ1) is 11.2. The van der Waals surface area contributed by atoms with Crippen LogP contribution in [-0.4, -0.2) is 21.9 Å². The van der Waals surface area contributed by atoms with E-state index in [2.05, 4.69) is 10.3 Å². The number of hydrogen-bond donors (Lipinski definition) is 1. The quantitative estimate of drug-likeness (QED) is 0.788. The molecule has 5 nitrogen and oxygen atoms in total. The molecule has 3 rings (SSSR count). The summed E-state index contributed by atoms with van der Waals surface area (Å²) in [6, 6.07) is 11.6. The highest BCUT2D eigenvalue weighted by atomic mass is 16.5. The van der Waals surface area contributed by atoms with Gasteiger partial charge in [0, 0.05) is 18.9 Å². The average molecular weight is 309 g/mol. The number of aryl methyl sites for hydroxylation is 1. The highest BCUT2D eigenvalue weighted by Gasteiger charge is 2.10. The minimum Gasteiger partial charge on any atom is -0.494 e. The molecule has 1 N–H and O–H groups in total. The summed E-state index contributed by atoms with van der Waals surface area (Å²) in [6.45, 7) is 5.00. The number of amides is 1. The van der Waals surface area contributed by atoms with Crippen molar-refractivity contribution in [3.63, 3.8) is 0 Å². The summed E-state index contributed by atoms with van der Waals surface area (Å²) in [7, 11) is 0. The standard InChI is InChI=1S/C18H19N3O2/c1-3-23-15-6-4-5-14(10-15)11-19-18(22)16-12-21-8-7-13(2)9-17(21)20-16/h4-10,12H,3,11H2,1-2H3,(H,19,22). The number of carbonyl (C=O) groups is 1. The van der Waals surface area contributed by atoms with Gasteiger partial charge in [-0.15, -0.1) is 0 Å². The first-order valence-corrected chi connectivity index (χ1v) is 7.61. The maximum atomic E-state index is 12.3. The lowest BCUT2D eigenvalue weighted by atomic mass is 10.2. The van der Waals surface area contributed by atoms with Crippen molar-refractivity contribution in [1.29, 1.82) is 0 Å². The maximum absolute atomic E-state index is 12.3. The van der Waals surface area contributed by atoms with Crippen molar-refractivity contribution in [1.82, 2.24) is 14.7 Å². The van der Waals surface area contributed by atoms with E-state index in [4.69, 9.17) is 4.74 Å². The second-order valence-corrected chi connectivity index (χ2v) is 5.36. The number of benzene rings is 1. The van der Waals surface area contributed by atoms with Crippen molar-refractivity contribution in [3.8, 4) is 5.75 Å². The fraction of sp³-hybridized carbons (Fsp3) is 0.222. The molecule has 0 radical (unpaired) electrons. The lowest BCUT2D eigenvalue weighted by Gasteiger charge is -2.06. The van der Waals surface area contributed by atoms with Crippen LogP contribution in [-0.2, 0) is 6.54 Å². The van der Waals surface area contributed by atoms with Crippen LogP contribution in [0.5, 0.6) is 5.75 Å². The lowest BCUT2D eigenvalue weighted by Crippen LogP contribution is -2.23. The summed E-state index contributed by atoms with van der Waals surface area (Å²) in [6.07, 6.45) is 3.64. The van der Waals surface area contributed by atoms with Gasteiger partial charge in [0.25, 0.3) is 5.91 Å². The van der Waals surface area contributed by atoms with Gasteiger partial charge >= 0.3 is 0 Å². The molecule has 23 heavy (non-hydrogen) atoms. The van der Waals surface area contributed by atoms with Gasteiger partial charge in [-0.2, -0.15) is 0 Å². The van der Waals surface area contributed by atoms with Gasteiger partial charge in [-0.25, -0.2) is 4.98 Å². The van der Waals surface area contributed by atoms with E-state index >= 15 is 0 Å². The first-order valence-electron chi connectivity index (χ1n) is 7.61. The van der Waals surface area contributed by atoms with Crippen LogP contribution in [0.1, 0.15) is 28.5 Å². The van der Waals surface area contributed by atoms with E-state index in [-0.39, 0.29) is 5.91 Å². The van der Waals surface area contributed by atoms with E-state index < -0.39 is 0 Å². The fourth-order valence-electron chi connectivity index (χ4n) is 2.38. The van der Waals surface area contributed by atoms with Crippen LogP contribution in [0.4, 0.5) is 0 Å². The first kappa shape index (κ1) is 15.1. The van der Waals surface area contributed by atoms with Crippen LogP contribution in [0.2, 0.25) is 0 Å². The Hall–Kier alpha value is -2.82. The number of nitrogens with zero attached hydrogens (tertiary/aromatic N) is 2. The second kappa shape index (κ2) is 6.52. The summed E-state index contributed by atoms with van der Waals surface area (Å²) >= 11 is 0. The molecule has 1 aromatic carbocycles. The Morgan fingerprint density at radius 2 is 2.17 bits per heavy atom. The fourth-order valence-corrected chi connectivity index (χ4v) is 2.38. The molecule has 0 saturated carbocycles. The van der Waals surface area contributed by atoms with E-state index in [1.165, 1.54) is 0 Å². The Morgan fingerprint density at radius 3 is 3.00 bits per heavy atom. The molecule has 0 fully saturated rings. The molecule has 0 unspecified atom stereocenters. The molecule has 0 aliphatic rings. The van der Waals surface area contributed by atoms with Gasteiger partial charge in [0.2, 0.25) is 0 Å². The molecule has 0 aliphatic heterocycles. The van der Waals surface area contributed by atoms with E-state index in [0.717, 1.165) is 22.5 Å². The Balaban J connectivity index is 1.69. The minimum atomic E-state index is -0.187. The molecule has 0 saturated heterocycles. The van der Waals surface area contributed by atoms with E-state index in [9.17, 15) is 4.79 Å². The highest BCUT2D eigenvalue weighted by Crippen LogP contribution is 2.13. The number of aromatic nitrogens is 2. The molecule has 0 spiro atoms. The predicted octanol–water partition coefficient (Wildman–Crippen LogP) is 2.97. The summed E-state index contributed by atoms with van der Waals surface area (Å²) in [5, 5.41) is 2.89. The highest BCUT2D eigenvalue weighted by molar-refractivity contribution is 5.92. The van der Waals surface area contributed by atoms with Crippen LogP contribution in [0.15, 0.2) is 48.8 Å². The monoisotopic (exact) mass is 309 g/mol. The molecule has 118 valence electrons. The summed E-state index contributed by atoms with van der Waals surface area (Å²) in [4.78, 5) is 16.6. The number of ether oxygens (including phenoxy) is 1. The van der Waals surface area contributed by atoms with Gasteiger partial charge in [0.1, 0.15) is 17.1 Å². The normalized spacial score (nSPS) is 10.7. The predicted molar refractivity (Wildman–Crippen MR) is 88.7 cm³/mol. The third-order valence-corrected chi connectivity index (χ3v) is 3.51. The largest absolute Gasteiger partial charge is 0.494 e. The maximum Gasteiger partial charge on any atom is 0.271 e. The van der Waals surface area contributed by atoms with Crippen LogP contribution >= 0.6 is 0 Å². The average Bonchev–Trinajstić information content (AvgIpc) is 2.96.